The van der Waals surface area contributed by atoms with Crippen molar-refractivity contribution in [3.63, 3.8) is 0 Å². The molecule has 0 aliphatic carbocycles. The minimum absolute atomic E-state index is 0.0504. The topological polar surface area (TPSA) is 54.4 Å². The molecular formula is C16H20O3. The summed E-state index contributed by atoms with van der Waals surface area (Å²) < 4.78 is 0. The predicted octanol–water partition coefficient (Wildman–Crippen LogP) is 3.25. The number of carboxylic acid groups (broad SMARTS) is 1. The van der Waals surface area contributed by atoms with Gasteiger partial charge in [-0.2, -0.15) is 0 Å². The van der Waals surface area contributed by atoms with Crippen LogP contribution >= 0.6 is 0 Å². The number of rotatable bonds is 8. The molecule has 0 aromatic heterocycles. The van der Waals surface area contributed by atoms with E-state index in [4.69, 9.17) is 5.11 Å². The normalized spacial score (nSPS) is 11.8. The number of benzene rings is 1. The number of carboxylic acids is 1. The molecule has 1 aromatic rings. The Morgan fingerprint density at radius 2 is 1.89 bits per heavy atom. The summed E-state index contributed by atoms with van der Waals surface area (Å²) in [6.07, 6.45) is 1.82. The van der Waals surface area contributed by atoms with E-state index in [9.17, 15) is 9.59 Å². The highest BCUT2D eigenvalue weighted by Gasteiger charge is 2.21. The number of hydrogen-bond donors (Lipinski definition) is 1. The molecule has 19 heavy (non-hydrogen) atoms. The number of aliphatic carboxylic acids is 1. The van der Waals surface area contributed by atoms with Gasteiger partial charge in [0, 0.05) is 12.8 Å². The largest absolute Gasteiger partial charge is 0.481 e. The summed E-state index contributed by atoms with van der Waals surface area (Å²) in [5.74, 6) is -1.64. The van der Waals surface area contributed by atoms with Gasteiger partial charge in [-0.1, -0.05) is 50.3 Å². The zero-order valence-corrected chi connectivity index (χ0v) is 11.3. The molecule has 0 bridgehead atoms. The van der Waals surface area contributed by atoms with Crippen LogP contribution in [-0.4, -0.2) is 16.9 Å². The first-order valence-corrected chi connectivity index (χ1v) is 6.52. The summed E-state index contributed by atoms with van der Waals surface area (Å²) in [6, 6.07) is 9.59. The molecular weight excluding hydrogens is 240 g/mol. The highest BCUT2D eigenvalue weighted by atomic mass is 16.4. The molecule has 0 saturated heterocycles. The maximum absolute atomic E-state index is 12.0. The highest BCUT2D eigenvalue weighted by molar-refractivity contribution is 5.97. The molecule has 3 heteroatoms. The molecule has 0 heterocycles. The predicted molar refractivity (Wildman–Crippen MR) is 74.9 cm³/mol. The minimum atomic E-state index is -0.900. The Kier molecular flexibility index (Phi) is 6.00. The van der Waals surface area contributed by atoms with Crippen LogP contribution in [0.4, 0.5) is 0 Å². The van der Waals surface area contributed by atoms with Crippen molar-refractivity contribution < 1.29 is 14.7 Å². The van der Waals surface area contributed by atoms with Crippen LogP contribution < -0.4 is 0 Å². The van der Waals surface area contributed by atoms with Gasteiger partial charge in [-0.05, 0) is 17.6 Å². The molecule has 0 radical (unpaired) electrons. The summed E-state index contributed by atoms with van der Waals surface area (Å²) in [5.41, 5.74) is 1.50. The van der Waals surface area contributed by atoms with Crippen molar-refractivity contribution in [2.45, 2.75) is 32.6 Å². The zero-order valence-electron chi connectivity index (χ0n) is 11.3. The molecule has 0 spiro atoms. The van der Waals surface area contributed by atoms with Gasteiger partial charge in [0.2, 0.25) is 0 Å². The highest BCUT2D eigenvalue weighted by Crippen LogP contribution is 2.16. The van der Waals surface area contributed by atoms with Gasteiger partial charge in [0.05, 0.1) is 5.92 Å². The Hall–Kier alpha value is -1.90. The maximum Gasteiger partial charge on any atom is 0.306 e. The average Bonchev–Trinajstić information content (AvgIpc) is 2.39. The second-order valence-electron chi connectivity index (χ2n) is 4.72. The van der Waals surface area contributed by atoms with E-state index in [1.54, 1.807) is 0 Å². The first kappa shape index (κ1) is 15.2. The number of hydrogen-bond acceptors (Lipinski definition) is 2. The summed E-state index contributed by atoms with van der Waals surface area (Å²) >= 11 is 0. The van der Waals surface area contributed by atoms with E-state index in [2.05, 4.69) is 6.58 Å². The van der Waals surface area contributed by atoms with Gasteiger partial charge in [-0.15, -0.1) is 0 Å². The van der Waals surface area contributed by atoms with Gasteiger partial charge >= 0.3 is 5.97 Å². The van der Waals surface area contributed by atoms with E-state index in [0.717, 1.165) is 12.0 Å². The fraction of sp³-hybridized carbons (Fsp3) is 0.375. The first-order chi connectivity index (χ1) is 9.04. The monoisotopic (exact) mass is 260 g/mol. The Bertz CT molecular complexity index is 448. The molecule has 3 nitrogen and oxygen atoms in total. The number of carbonyl (C=O) groups excluding carboxylic acids is 1. The third kappa shape index (κ3) is 5.08. The number of carbonyl (C=O) groups is 2. The van der Waals surface area contributed by atoms with Crippen LogP contribution in [0.25, 0.3) is 0 Å². The molecule has 1 aromatic carbocycles. The molecule has 1 rings (SSSR count). The van der Waals surface area contributed by atoms with E-state index in [0.29, 0.717) is 18.4 Å². The van der Waals surface area contributed by atoms with Crippen LogP contribution in [0.5, 0.6) is 0 Å². The van der Waals surface area contributed by atoms with Crippen molar-refractivity contribution in [3.05, 3.63) is 48.0 Å². The second kappa shape index (κ2) is 7.52. The third-order valence-electron chi connectivity index (χ3n) is 3.07. The lowest BCUT2D eigenvalue weighted by molar-refractivity contribution is -0.143. The first-order valence-electron chi connectivity index (χ1n) is 6.52. The van der Waals surface area contributed by atoms with Gasteiger partial charge in [-0.3, -0.25) is 9.59 Å². The van der Waals surface area contributed by atoms with Crippen LogP contribution in [-0.2, 0) is 16.0 Å². The molecule has 1 N–H and O–H groups in total. The van der Waals surface area contributed by atoms with Crippen LogP contribution in [0.15, 0.2) is 42.5 Å². The quantitative estimate of drug-likeness (QED) is 0.730. The average molecular weight is 260 g/mol. The Labute approximate surface area is 114 Å². The van der Waals surface area contributed by atoms with E-state index < -0.39 is 11.9 Å². The van der Waals surface area contributed by atoms with Crippen LogP contribution in [0.1, 0.15) is 31.7 Å². The lowest BCUT2D eigenvalue weighted by Gasteiger charge is -2.11. The van der Waals surface area contributed by atoms with Gasteiger partial charge in [0.25, 0.3) is 0 Å². The van der Waals surface area contributed by atoms with Crippen molar-refractivity contribution in [1.29, 1.82) is 0 Å². The van der Waals surface area contributed by atoms with Gasteiger partial charge in [0.15, 0.2) is 5.78 Å². The lowest BCUT2D eigenvalue weighted by Crippen LogP contribution is -2.19. The number of Topliss-reactive ketones (excluding diaryl/α,β-unsaturated/α-hetero) is 1. The Balaban J connectivity index is 2.57. The van der Waals surface area contributed by atoms with Crippen molar-refractivity contribution in [1.82, 2.24) is 0 Å². The summed E-state index contributed by atoms with van der Waals surface area (Å²) in [5, 5.41) is 9.04. The zero-order chi connectivity index (χ0) is 14.3. The molecule has 0 saturated carbocycles. The third-order valence-corrected chi connectivity index (χ3v) is 3.07. The summed E-state index contributed by atoms with van der Waals surface area (Å²) in [6.45, 7) is 5.70. The molecule has 0 aliphatic heterocycles. The van der Waals surface area contributed by atoms with Crippen molar-refractivity contribution in [3.8, 4) is 0 Å². The molecule has 0 aliphatic rings. The summed E-state index contributed by atoms with van der Waals surface area (Å²) in [4.78, 5) is 23.0. The summed E-state index contributed by atoms with van der Waals surface area (Å²) in [7, 11) is 0. The van der Waals surface area contributed by atoms with Crippen molar-refractivity contribution in [2.75, 3.05) is 0 Å². The fourth-order valence-corrected chi connectivity index (χ4v) is 1.97. The standard InChI is InChI=1S/C16H20O3/c1-3-7-14(16(18)19)11-15(17)12(2)10-13-8-5-4-6-9-13/h4-6,8-9,14H,2-3,7,10-11H2,1H3,(H,18,19). The van der Waals surface area contributed by atoms with Crippen LogP contribution in [0.2, 0.25) is 0 Å². The van der Waals surface area contributed by atoms with E-state index in [1.165, 1.54) is 0 Å². The van der Waals surface area contributed by atoms with E-state index >= 15 is 0 Å². The second-order valence-corrected chi connectivity index (χ2v) is 4.72. The molecule has 0 amide bonds. The minimum Gasteiger partial charge on any atom is -0.481 e. The lowest BCUT2D eigenvalue weighted by atomic mass is 9.92. The fourth-order valence-electron chi connectivity index (χ4n) is 1.97. The van der Waals surface area contributed by atoms with Crippen molar-refractivity contribution in [2.24, 2.45) is 5.92 Å². The smallest absolute Gasteiger partial charge is 0.306 e. The Morgan fingerprint density at radius 3 is 2.42 bits per heavy atom. The molecule has 1 atom stereocenters. The van der Waals surface area contributed by atoms with Crippen LogP contribution in [0.3, 0.4) is 0 Å². The number of allylic oxidation sites excluding steroid dienone is 1. The molecule has 102 valence electrons. The molecule has 0 fully saturated rings. The van der Waals surface area contributed by atoms with Gasteiger partial charge < -0.3 is 5.11 Å². The molecule has 1 unspecified atom stereocenters. The van der Waals surface area contributed by atoms with Gasteiger partial charge in [0.1, 0.15) is 0 Å². The SMILES string of the molecule is C=C(Cc1ccccc1)C(=O)CC(CCC)C(=O)O. The Morgan fingerprint density at radius 1 is 1.26 bits per heavy atom. The van der Waals surface area contributed by atoms with Crippen molar-refractivity contribution >= 4 is 11.8 Å². The van der Waals surface area contributed by atoms with E-state index in [-0.39, 0.29) is 12.2 Å². The number of ketones is 1. The van der Waals surface area contributed by atoms with Gasteiger partial charge in [-0.25, -0.2) is 0 Å². The van der Waals surface area contributed by atoms with Crippen LogP contribution in [0, 0.1) is 5.92 Å². The van der Waals surface area contributed by atoms with E-state index in [1.807, 2.05) is 37.3 Å². The maximum atomic E-state index is 12.0.